The highest BCUT2D eigenvalue weighted by molar-refractivity contribution is 6.32. The number of likely N-dealkylation sites (N-methyl/N-ethyl adjacent to an activating group) is 1. The van der Waals surface area contributed by atoms with Crippen LogP contribution in [0.2, 0.25) is 5.02 Å². The minimum atomic E-state index is -0.588. The molecule has 0 heterocycles. The van der Waals surface area contributed by atoms with Gasteiger partial charge < -0.3 is 15.2 Å². The molecule has 0 aliphatic heterocycles. The molecule has 0 aliphatic rings. The fraction of sp³-hybridized carbons (Fsp3) is 0.500. The molecule has 1 rings (SSSR count). The third-order valence-electron chi connectivity index (χ3n) is 2.61. The molecule has 1 aromatic carbocycles. The van der Waals surface area contributed by atoms with Crippen LogP contribution >= 0.6 is 11.6 Å². The summed E-state index contributed by atoms with van der Waals surface area (Å²) in [6.45, 7) is 4.30. The second-order valence-corrected chi connectivity index (χ2v) is 4.21. The molecule has 0 saturated carbocycles. The largest absolute Gasteiger partial charge is 0.496 e. The molecule has 90 valence electrons. The molecule has 3 nitrogen and oxygen atoms in total. The van der Waals surface area contributed by atoms with Crippen molar-refractivity contribution in [2.45, 2.75) is 20.0 Å². The monoisotopic (exact) mass is 243 g/mol. The molecule has 0 amide bonds. The third-order valence-corrected chi connectivity index (χ3v) is 3.19. The second-order valence-electron chi connectivity index (χ2n) is 3.83. The van der Waals surface area contributed by atoms with Gasteiger partial charge in [-0.15, -0.1) is 0 Å². The highest BCUT2D eigenvalue weighted by Crippen LogP contribution is 2.35. The number of rotatable bonds is 4. The zero-order valence-corrected chi connectivity index (χ0v) is 10.9. The van der Waals surface area contributed by atoms with Crippen LogP contribution < -0.4 is 10.1 Å². The minimum Gasteiger partial charge on any atom is -0.496 e. The van der Waals surface area contributed by atoms with Crippen molar-refractivity contribution in [3.63, 3.8) is 0 Å². The van der Waals surface area contributed by atoms with Crippen LogP contribution in [0.1, 0.15) is 22.8 Å². The van der Waals surface area contributed by atoms with E-state index >= 15 is 0 Å². The molecular weight excluding hydrogens is 226 g/mol. The predicted molar refractivity (Wildman–Crippen MR) is 66.4 cm³/mol. The molecule has 0 fully saturated rings. The quantitative estimate of drug-likeness (QED) is 0.852. The maximum absolute atomic E-state index is 9.99. The van der Waals surface area contributed by atoms with Crippen molar-refractivity contribution in [1.29, 1.82) is 0 Å². The summed E-state index contributed by atoms with van der Waals surface area (Å²) in [5.41, 5.74) is 2.59. The van der Waals surface area contributed by atoms with E-state index in [1.54, 1.807) is 14.2 Å². The number of ether oxygens (including phenoxy) is 1. The molecule has 0 saturated heterocycles. The van der Waals surface area contributed by atoms with Gasteiger partial charge in [-0.05, 0) is 32.5 Å². The summed E-state index contributed by atoms with van der Waals surface area (Å²) < 4.78 is 5.31. The molecule has 16 heavy (non-hydrogen) atoms. The Bertz CT molecular complexity index is 380. The van der Waals surface area contributed by atoms with Gasteiger partial charge in [0, 0.05) is 17.7 Å². The van der Waals surface area contributed by atoms with E-state index in [-0.39, 0.29) is 0 Å². The smallest absolute Gasteiger partial charge is 0.129 e. The van der Waals surface area contributed by atoms with E-state index < -0.39 is 6.10 Å². The molecule has 0 bridgehead atoms. The summed E-state index contributed by atoms with van der Waals surface area (Å²) in [5, 5.41) is 13.6. The van der Waals surface area contributed by atoms with Crippen LogP contribution in [0.5, 0.6) is 5.75 Å². The maximum atomic E-state index is 9.99. The minimum absolute atomic E-state index is 0.483. The van der Waals surface area contributed by atoms with Crippen molar-refractivity contribution in [3.8, 4) is 5.75 Å². The molecule has 1 aromatic rings. The topological polar surface area (TPSA) is 41.5 Å². The summed E-state index contributed by atoms with van der Waals surface area (Å²) in [6, 6.07) is 1.87. The Balaban J connectivity index is 3.27. The highest BCUT2D eigenvalue weighted by Gasteiger charge is 2.17. The number of aliphatic hydroxyl groups excluding tert-OH is 1. The van der Waals surface area contributed by atoms with Gasteiger partial charge in [-0.3, -0.25) is 0 Å². The summed E-state index contributed by atoms with van der Waals surface area (Å²) in [6.07, 6.45) is -0.588. The van der Waals surface area contributed by atoms with Gasteiger partial charge in [-0.1, -0.05) is 11.6 Å². The SMILES string of the molecule is CNCC(O)c1cc(C)c(Cl)c(C)c1OC. The Labute approximate surface area is 101 Å². The first-order valence-electron chi connectivity index (χ1n) is 5.19. The molecule has 0 radical (unpaired) electrons. The lowest BCUT2D eigenvalue weighted by Crippen LogP contribution is -2.17. The van der Waals surface area contributed by atoms with E-state index in [1.807, 2.05) is 19.9 Å². The lowest BCUT2D eigenvalue weighted by molar-refractivity contribution is 0.173. The van der Waals surface area contributed by atoms with Crippen LogP contribution in [-0.4, -0.2) is 25.8 Å². The van der Waals surface area contributed by atoms with Gasteiger partial charge in [-0.25, -0.2) is 0 Å². The fourth-order valence-corrected chi connectivity index (χ4v) is 1.94. The van der Waals surface area contributed by atoms with E-state index in [1.165, 1.54) is 0 Å². The van der Waals surface area contributed by atoms with Gasteiger partial charge in [0.05, 0.1) is 18.2 Å². The number of aryl methyl sites for hydroxylation is 1. The summed E-state index contributed by atoms with van der Waals surface area (Å²) in [5.74, 6) is 0.665. The van der Waals surface area contributed by atoms with Crippen LogP contribution in [-0.2, 0) is 0 Å². The number of hydrogen-bond acceptors (Lipinski definition) is 3. The van der Waals surface area contributed by atoms with Crippen LogP contribution in [0.25, 0.3) is 0 Å². The number of aliphatic hydroxyl groups is 1. The van der Waals surface area contributed by atoms with Gasteiger partial charge in [0.2, 0.25) is 0 Å². The van der Waals surface area contributed by atoms with Crippen molar-refractivity contribution < 1.29 is 9.84 Å². The number of halogens is 1. The molecule has 2 N–H and O–H groups in total. The fourth-order valence-electron chi connectivity index (χ4n) is 1.80. The molecule has 0 spiro atoms. The first-order valence-corrected chi connectivity index (χ1v) is 5.57. The molecule has 4 heteroatoms. The lowest BCUT2D eigenvalue weighted by atomic mass is 10.0. The van der Waals surface area contributed by atoms with Crippen LogP contribution in [0.15, 0.2) is 6.07 Å². The van der Waals surface area contributed by atoms with E-state index in [9.17, 15) is 5.11 Å². The Morgan fingerprint density at radius 1 is 1.50 bits per heavy atom. The van der Waals surface area contributed by atoms with Crippen molar-refractivity contribution in [2.75, 3.05) is 20.7 Å². The Hall–Kier alpha value is -0.770. The van der Waals surface area contributed by atoms with E-state index in [0.29, 0.717) is 17.3 Å². The highest BCUT2D eigenvalue weighted by atomic mass is 35.5. The van der Waals surface area contributed by atoms with Gasteiger partial charge in [0.1, 0.15) is 5.75 Å². The zero-order chi connectivity index (χ0) is 12.3. The first-order chi connectivity index (χ1) is 7.52. The summed E-state index contributed by atoms with van der Waals surface area (Å²) in [4.78, 5) is 0. The normalized spacial score (nSPS) is 12.6. The van der Waals surface area contributed by atoms with E-state index in [0.717, 1.165) is 16.7 Å². The summed E-state index contributed by atoms with van der Waals surface area (Å²) >= 11 is 6.14. The van der Waals surface area contributed by atoms with Crippen molar-refractivity contribution in [2.24, 2.45) is 0 Å². The molecule has 1 unspecified atom stereocenters. The summed E-state index contributed by atoms with van der Waals surface area (Å²) in [7, 11) is 3.38. The Morgan fingerprint density at radius 3 is 2.62 bits per heavy atom. The van der Waals surface area contributed by atoms with Gasteiger partial charge in [-0.2, -0.15) is 0 Å². The van der Waals surface area contributed by atoms with Gasteiger partial charge in [0.25, 0.3) is 0 Å². The number of benzene rings is 1. The van der Waals surface area contributed by atoms with E-state index in [4.69, 9.17) is 16.3 Å². The second kappa shape index (κ2) is 5.53. The van der Waals surface area contributed by atoms with Crippen molar-refractivity contribution in [1.82, 2.24) is 5.32 Å². The number of hydrogen-bond donors (Lipinski definition) is 2. The van der Waals surface area contributed by atoms with E-state index in [2.05, 4.69) is 5.32 Å². The van der Waals surface area contributed by atoms with Gasteiger partial charge >= 0.3 is 0 Å². The average Bonchev–Trinajstić information content (AvgIpc) is 2.26. The molecular formula is C12H18ClNO2. The first kappa shape index (κ1) is 13.3. The van der Waals surface area contributed by atoms with Crippen molar-refractivity contribution >= 4 is 11.6 Å². The van der Waals surface area contributed by atoms with Crippen LogP contribution in [0.4, 0.5) is 0 Å². The number of nitrogens with one attached hydrogen (secondary N) is 1. The third kappa shape index (κ3) is 2.48. The zero-order valence-electron chi connectivity index (χ0n) is 10.1. The Morgan fingerprint density at radius 2 is 2.12 bits per heavy atom. The molecule has 1 atom stereocenters. The van der Waals surface area contributed by atoms with Crippen LogP contribution in [0, 0.1) is 13.8 Å². The molecule has 0 aliphatic carbocycles. The lowest BCUT2D eigenvalue weighted by Gasteiger charge is -2.18. The standard InChI is InChI=1S/C12H18ClNO2/c1-7-5-9(10(15)6-14-3)12(16-4)8(2)11(7)13/h5,10,14-15H,6H2,1-4H3. The van der Waals surface area contributed by atoms with Crippen LogP contribution in [0.3, 0.4) is 0 Å². The Kier molecular flexibility index (Phi) is 4.59. The van der Waals surface area contributed by atoms with Crippen molar-refractivity contribution in [3.05, 3.63) is 27.8 Å². The molecule has 0 aromatic heterocycles. The average molecular weight is 244 g/mol. The predicted octanol–water partition coefficient (Wildman–Crippen LogP) is 2.22. The maximum Gasteiger partial charge on any atom is 0.129 e. The number of methoxy groups -OCH3 is 1. The van der Waals surface area contributed by atoms with Gasteiger partial charge in [0.15, 0.2) is 0 Å².